The molecule has 0 aliphatic carbocycles. The molecule has 1 aromatic carbocycles. The van der Waals surface area contributed by atoms with Crippen LogP contribution in [0.1, 0.15) is 37.3 Å². The molecule has 4 heteroatoms. The Kier molecular flexibility index (Phi) is 5.35. The number of piperidine rings is 1. The number of nitrogens with zero attached hydrogens (tertiary/aromatic N) is 2. The minimum atomic E-state index is -0.0490. The van der Waals surface area contributed by atoms with Crippen LogP contribution in [-0.4, -0.2) is 30.4 Å². The molecule has 1 amide bonds. The van der Waals surface area contributed by atoms with E-state index in [1.165, 1.54) is 6.42 Å². The van der Waals surface area contributed by atoms with Crippen LogP contribution in [0.5, 0.6) is 0 Å². The summed E-state index contributed by atoms with van der Waals surface area (Å²) >= 11 is 0. The third kappa shape index (κ3) is 4.05. The van der Waals surface area contributed by atoms with E-state index in [1.807, 2.05) is 19.2 Å². The van der Waals surface area contributed by atoms with Crippen molar-refractivity contribution < 1.29 is 4.79 Å². The molecule has 2 unspecified atom stereocenters. The Morgan fingerprint density at radius 2 is 2.14 bits per heavy atom. The van der Waals surface area contributed by atoms with Crippen molar-refractivity contribution in [3.8, 4) is 6.07 Å². The molecule has 1 saturated heterocycles. The van der Waals surface area contributed by atoms with E-state index in [0.29, 0.717) is 18.0 Å². The lowest BCUT2D eigenvalue weighted by Gasteiger charge is -2.31. The maximum atomic E-state index is 12.5. The van der Waals surface area contributed by atoms with E-state index in [1.54, 1.807) is 17.0 Å². The molecule has 0 spiro atoms. The van der Waals surface area contributed by atoms with Gasteiger partial charge in [0.05, 0.1) is 17.7 Å². The number of carbonyl (C=O) groups is 1. The van der Waals surface area contributed by atoms with Crippen molar-refractivity contribution in [1.29, 1.82) is 5.26 Å². The van der Waals surface area contributed by atoms with E-state index in [0.717, 1.165) is 24.9 Å². The number of nitriles is 1. The second-order valence-electron chi connectivity index (χ2n) is 5.81. The quantitative estimate of drug-likeness (QED) is 0.923. The van der Waals surface area contributed by atoms with Gasteiger partial charge in [-0.05, 0) is 43.0 Å². The van der Waals surface area contributed by atoms with Gasteiger partial charge in [0.15, 0.2) is 0 Å². The topological polar surface area (TPSA) is 56.1 Å². The molecular weight excluding hydrogens is 262 g/mol. The average molecular weight is 285 g/mol. The van der Waals surface area contributed by atoms with E-state index in [4.69, 9.17) is 5.26 Å². The molecule has 0 radical (unpaired) electrons. The van der Waals surface area contributed by atoms with Gasteiger partial charge in [-0.2, -0.15) is 5.26 Å². The lowest BCUT2D eigenvalue weighted by atomic mass is 9.90. The largest absolute Gasteiger partial charge is 0.340 e. The van der Waals surface area contributed by atoms with Crippen LogP contribution in [-0.2, 0) is 11.3 Å². The fourth-order valence-corrected chi connectivity index (χ4v) is 2.86. The number of likely N-dealkylation sites (N-methyl/N-ethyl adjacent to an activating group) is 1. The fraction of sp³-hybridized carbons (Fsp3) is 0.529. The summed E-state index contributed by atoms with van der Waals surface area (Å²) in [4.78, 5) is 14.3. The van der Waals surface area contributed by atoms with Gasteiger partial charge in [0.2, 0.25) is 5.91 Å². The molecule has 0 saturated carbocycles. The molecule has 1 N–H and O–H groups in total. The van der Waals surface area contributed by atoms with Crippen LogP contribution in [0.25, 0.3) is 0 Å². The molecule has 1 aliphatic rings. The Labute approximate surface area is 126 Å². The van der Waals surface area contributed by atoms with Gasteiger partial charge in [-0.15, -0.1) is 0 Å². The molecule has 21 heavy (non-hydrogen) atoms. The van der Waals surface area contributed by atoms with Crippen molar-refractivity contribution in [3.63, 3.8) is 0 Å². The zero-order valence-corrected chi connectivity index (χ0v) is 12.8. The minimum absolute atomic E-state index is 0.0490. The summed E-state index contributed by atoms with van der Waals surface area (Å²) in [5.74, 6) is 0.820. The van der Waals surface area contributed by atoms with Crippen LogP contribution in [0.4, 0.5) is 0 Å². The number of rotatable bonds is 4. The summed E-state index contributed by atoms with van der Waals surface area (Å²) in [6.45, 7) is 3.71. The van der Waals surface area contributed by atoms with Gasteiger partial charge in [0, 0.05) is 13.6 Å². The van der Waals surface area contributed by atoms with Crippen molar-refractivity contribution in [2.24, 2.45) is 5.92 Å². The molecular formula is C17H23N3O. The minimum Gasteiger partial charge on any atom is -0.340 e. The highest BCUT2D eigenvalue weighted by Gasteiger charge is 2.27. The third-order valence-electron chi connectivity index (χ3n) is 4.27. The first-order valence-corrected chi connectivity index (χ1v) is 7.61. The number of hydrogen-bond donors (Lipinski definition) is 1. The molecule has 0 aromatic heterocycles. The van der Waals surface area contributed by atoms with Crippen molar-refractivity contribution in [1.82, 2.24) is 10.2 Å². The van der Waals surface area contributed by atoms with Crippen LogP contribution in [0.3, 0.4) is 0 Å². The Balaban J connectivity index is 1.94. The number of amides is 1. The zero-order chi connectivity index (χ0) is 15.2. The van der Waals surface area contributed by atoms with Crippen molar-refractivity contribution >= 4 is 5.91 Å². The standard InChI is InChI=1S/C17H23N3O/c1-3-13-8-9-19-16(10-13)17(21)20(2)12-15-6-4-14(11-18)5-7-15/h4-7,13,16,19H,3,8-10,12H2,1-2H3. The second kappa shape index (κ2) is 7.24. The summed E-state index contributed by atoms with van der Waals surface area (Å²) in [6.07, 6.45) is 3.25. The normalized spacial score (nSPS) is 21.6. The predicted octanol–water partition coefficient (Wildman–Crippen LogP) is 2.29. The monoisotopic (exact) mass is 285 g/mol. The first-order chi connectivity index (χ1) is 10.1. The predicted molar refractivity (Wildman–Crippen MR) is 82.4 cm³/mol. The smallest absolute Gasteiger partial charge is 0.239 e. The summed E-state index contributed by atoms with van der Waals surface area (Å²) in [5, 5.41) is 12.1. The van der Waals surface area contributed by atoms with E-state index in [-0.39, 0.29) is 11.9 Å². The van der Waals surface area contributed by atoms with Crippen LogP contribution in [0.15, 0.2) is 24.3 Å². The molecule has 1 aliphatic heterocycles. The maximum Gasteiger partial charge on any atom is 0.239 e. The zero-order valence-electron chi connectivity index (χ0n) is 12.8. The van der Waals surface area contributed by atoms with Gasteiger partial charge in [-0.25, -0.2) is 0 Å². The first-order valence-electron chi connectivity index (χ1n) is 7.61. The summed E-state index contributed by atoms with van der Waals surface area (Å²) < 4.78 is 0. The van der Waals surface area contributed by atoms with Gasteiger partial charge >= 0.3 is 0 Å². The molecule has 4 nitrogen and oxygen atoms in total. The Morgan fingerprint density at radius 3 is 2.76 bits per heavy atom. The number of carbonyl (C=O) groups excluding carboxylic acids is 1. The molecule has 2 rings (SSSR count). The van der Waals surface area contributed by atoms with E-state index >= 15 is 0 Å². The molecule has 1 aromatic rings. The Bertz CT molecular complexity index is 518. The highest BCUT2D eigenvalue weighted by Crippen LogP contribution is 2.20. The van der Waals surface area contributed by atoms with Crippen LogP contribution in [0.2, 0.25) is 0 Å². The second-order valence-corrected chi connectivity index (χ2v) is 5.81. The summed E-state index contributed by atoms with van der Waals surface area (Å²) in [5.41, 5.74) is 1.69. The fourth-order valence-electron chi connectivity index (χ4n) is 2.86. The molecule has 1 heterocycles. The van der Waals surface area contributed by atoms with Crippen molar-refractivity contribution in [3.05, 3.63) is 35.4 Å². The average Bonchev–Trinajstić information content (AvgIpc) is 2.54. The van der Waals surface area contributed by atoms with E-state index in [9.17, 15) is 4.79 Å². The lowest BCUT2D eigenvalue weighted by molar-refractivity contribution is -0.133. The lowest BCUT2D eigenvalue weighted by Crippen LogP contribution is -2.49. The summed E-state index contributed by atoms with van der Waals surface area (Å²) in [7, 11) is 1.85. The van der Waals surface area contributed by atoms with Crippen molar-refractivity contribution in [2.75, 3.05) is 13.6 Å². The van der Waals surface area contributed by atoms with Crippen molar-refractivity contribution in [2.45, 2.75) is 38.8 Å². The SMILES string of the molecule is CCC1CCNC(C(=O)N(C)Cc2ccc(C#N)cc2)C1. The Hall–Kier alpha value is -1.86. The van der Waals surface area contributed by atoms with Gasteiger partial charge in [-0.3, -0.25) is 4.79 Å². The highest BCUT2D eigenvalue weighted by atomic mass is 16.2. The first kappa shape index (κ1) is 15.5. The van der Waals surface area contributed by atoms with Gasteiger partial charge < -0.3 is 10.2 Å². The van der Waals surface area contributed by atoms with E-state index < -0.39 is 0 Å². The molecule has 2 atom stereocenters. The van der Waals surface area contributed by atoms with Crippen LogP contribution in [0, 0.1) is 17.2 Å². The van der Waals surface area contributed by atoms with Crippen LogP contribution >= 0.6 is 0 Å². The number of hydrogen-bond acceptors (Lipinski definition) is 3. The van der Waals surface area contributed by atoms with Gasteiger partial charge in [0.1, 0.15) is 0 Å². The number of nitrogens with one attached hydrogen (secondary N) is 1. The third-order valence-corrected chi connectivity index (χ3v) is 4.27. The van der Waals surface area contributed by atoms with Crippen LogP contribution < -0.4 is 5.32 Å². The van der Waals surface area contributed by atoms with Gasteiger partial charge in [0.25, 0.3) is 0 Å². The molecule has 112 valence electrons. The maximum absolute atomic E-state index is 12.5. The number of benzene rings is 1. The van der Waals surface area contributed by atoms with Gasteiger partial charge in [-0.1, -0.05) is 25.5 Å². The molecule has 1 fully saturated rings. The molecule has 0 bridgehead atoms. The van der Waals surface area contributed by atoms with E-state index in [2.05, 4.69) is 18.3 Å². The Morgan fingerprint density at radius 1 is 1.43 bits per heavy atom. The summed E-state index contributed by atoms with van der Waals surface area (Å²) in [6, 6.07) is 9.45. The highest BCUT2D eigenvalue weighted by molar-refractivity contribution is 5.81.